The van der Waals surface area contributed by atoms with Crippen molar-refractivity contribution in [3.05, 3.63) is 28.7 Å². The van der Waals surface area contributed by atoms with Gasteiger partial charge in [-0.25, -0.2) is 4.79 Å². The Morgan fingerprint density at radius 1 is 1.40 bits per heavy atom. The summed E-state index contributed by atoms with van der Waals surface area (Å²) in [6, 6.07) is 6.78. The van der Waals surface area contributed by atoms with Crippen LogP contribution in [0.3, 0.4) is 0 Å². The first-order valence-electron chi connectivity index (χ1n) is 5.92. The third-order valence-corrected chi connectivity index (χ3v) is 3.92. The number of benzene rings is 1. The predicted molar refractivity (Wildman–Crippen MR) is 80.9 cm³/mol. The van der Waals surface area contributed by atoms with Gasteiger partial charge in [-0.3, -0.25) is 4.79 Å². The van der Waals surface area contributed by atoms with Crippen LogP contribution < -0.4 is 5.32 Å². The summed E-state index contributed by atoms with van der Waals surface area (Å²) < 4.78 is 5.75. The van der Waals surface area contributed by atoms with Crippen LogP contribution in [-0.4, -0.2) is 42.5 Å². The van der Waals surface area contributed by atoms with Crippen molar-refractivity contribution in [3.8, 4) is 0 Å². The molecule has 0 bridgehead atoms. The molecule has 0 aromatic heterocycles. The van der Waals surface area contributed by atoms with Gasteiger partial charge in [0.1, 0.15) is 0 Å². The van der Waals surface area contributed by atoms with Gasteiger partial charge in [0.2, 0.25) is 5.91 Å². The third-order valence-electron chi connectivity index (χ3n) is 2.38. The van der Waals surface area contributed by atoms with Crippen molar-refractivity contribution in [2.75, 3.05) is 19.5 Å². The molecule has 1 atom stereocenters. The number of carbonyl (C=O) groups excluding carboxylic acids is 1. The van der Waals surface area contributed by atoms with E-state index in [1.54, 1.807) is 11.8 Å². The van der Waals surface area contributed by atoms with Gasteiger partial charge in [0.15, 0.2) is 6.04 Å². The van der Waals surface area contributed by atoms with E-state index in [0.717, 1.165) is 9.37 Å². The van der Waals surface area contributed by atoms with E-state index in [1.807, 2.05) is 24.3 Å². The summed E-state index contributed by atoms with van der Waals surface area (Å²) in [7, 11) is 1.39. The largest absolute Gasteiger partial charge is 0.480 e. The lowest BCUT2D eigenvalue weighted by Gasteiger charge is -2.13. The van der Waals surface area contributed by atoms with Crippen molar-refractivity contribution in [2.45, 2.75) is 17.4 Å². The number of carboxylic acids is 1. The lowest BCUT2D eigenvalue weighted by atomic mass is 10.3. The predicted octanol–water partition coefficient (Wildman–Crippen LogP) is 2.15. The number of carbonyl (C=O) groups is 2. The summed E-state index contributed by atoms with van der Waals surface area (Å²) in [5.41, 5.74) is 0. The zero-order valence-electron chi connectivity index (χ0n) is 11.0. The molecular formula is C13H16BrNO4S. The minimum atomic E-state index is -1.10. The van der Waals surface area contributed by atoms with Crippen LogP contribution in [0.15, 0.2) is 33.6 Å². The molecule has 1 aromatic carbocycles. The van der Waals surface area contributed by atoms with Crippen LogP contribution in [-0.2, 0) is 14.3 Å². The first-order valence-corrected chi connectivity index (χ1v) is 7.70. The van der Waals surface area contributed by atoms with Gasteiger partial charge in [-0.2, -0.15) is 0 Å². The zero-order chi connectivity index (χ0) is 15.0. The number of aliphatic carboxylic acids is 1. The summed E-state index contributed by atoms with van der Waals surface area (Å²) in [4.78, 5) is 23.5. The van der Waals surface area contributed by atoms with Crippen molar-refractivity contribution in [1.29, 1.82) is 0 Å². The maximum Gasteiger partial charge on any atom is 0.328 e. The fraction of sp³-hybridized carbons (Fsp3) is 0.385. The van der Waals surface area contributed by atoms with Crippen molar-refractivity contribution < 1.29 is 19.4 Å². The zero-order valence-corrected chi connectivity index (χ0v) is 13.4. The molecule has 7 heteroatoms. The molecule has 0 saturated carbocycles. The van der Waals surface area contributed by atoms with E-state index < -0.39 is 12.0 Å². The number of halogens is 1. The minimum Gasteiger partial charge on any atom is -0.480 e. The number of ether oxygens (including phenoxy) is 1. The number of hydrogen-bond acceptors (Lipinski definition) is 4. The van der Waals surface area contributed by atoms with E-state index in [-0.39, 0.29) is 18.9 Å². The molecule has 110 valence electrons. The van der Waals surface area contributed by atoms with Gasteiger partial charge in [-0.15, -0.1) is 11.8 Å². The summed E-state index contributed by atoms with van der Waals surface area (Å²) in [5, 5.41) is 11.3. The van der Waals surface area contributed by atoms with E-state index in [1.165, 1.54) is 7.11 Å². The molecule has 0 aliphatic carbocycles. The Bertz CT molecular complexity index is 452. The second-order valence-electron chi connectivity index (χ2n) is 3.97. The van der Waals surface area contributed by atoms with E-state index in [4.69, 9.17) is 9.84 Å². The Morgan fingerprint density at radius 2 is 2.05 bits per heavy atom. The minimum absolute atomic E-state index is 0.0407. The quantitative estimate of drug-likeness (QED) is 0.693. The van der Waals surface area contributed by atoms with Gasteiger partial charge in [-0.1, -0.05) is 15.9 Å². The van der Waals surface area contributed by atoms with Crippen LogP contribution >= 0.6 is 27.7 Å². The van der Waals surface area contributed by atoms with E-state index in [2.05, 4.69) is 21.2 Å². The molecule has 1 unspecified atom stereocenters. The number of thioether (sulfide) groups is 1. The Kier molecular flexibility index (Phi) is 7.64. The lowest BCUT2D eigenvalue weighted by Crippen LogP contribution is -2.43. The molecule has 0 aliphatic rings. The van der Waals surface area contributed by atoms with E-state index in [0.29, 0.717) is 5.75 Å². The van der Waals surface area contributed by atoms with Gasteiger partial charge in [-0.05, 0) is 24.3 Å². The summed E-state index contributed by atoms with van der Waals surface area (Å²) in [6.45, 7) is -0.0407. The summed E-state index contributed by atoms with van der Waals surface area (Å²) >= 11 is 4.90. The maximum absolute atomic E-state index is 11.6. The second-order valence-corrected chi connectivity index (χ2v) is 6.05. The van der Waals surface area contributed by atoms with Crippen molar-refractivity contribution in [1.82, 2.24) is 5.32 Å². The summed E-state index contributed by atoms with van der Waals surface area (Å²) in [5.74, 6) is -0.799. The van der Waals surface area contributed by atoms with Crippen LogP contribution in [0.5, 0.6) is 0 Å². The highest BCUT2D eigenvalue weighted by Gasteiger charge is 2.19. The lowest BCUT2D eigenvalue weighted by molar-refractivity contribution is -0.143. The molecule has 5 nitrogen and oxygen atoms in total. The highest BCUT2D eigenvalue weighted by atomic mass is 79.9. The first-order chi connectivity index (χ1) is 9.52. The van der Waals surface area contributed by atoms with Crippen LogP contribution in [0.2, 0.25) is 0 Å². The average molecular weight is 362 g/mol. The molecular weight excluding hydrogens is 346 g/mol. The highest BCUT2D eigenvalue weighted by Crippen LogP contribution is 2.21. The van der Waals surface area contributed by atoms with Crippen molar-refractivity contribution in [3.63, 3.8) is 0 Å². The van der Waals surface area contributed by atoms with Gasteiger partial charge >= 0.3 is 5.97 Å². The number of carboxylic acid groups (broad SMARTS) is 1. The normalized spacial score (nSPS) is 11.9. The Balaban J connectivity index is 2.32. The van der Waals surface area contributed by atoms with Crippen molar-refractivity contribution >= 4 is 39.6 Å². The third kappa shape index (κ3) is 6.40. The average Bonchev–Trinajstić information content (AvgIpc) is 2.40. The molecule has 0 fully saturated rings. The van der Waals surface area contributed by atoms with Gasteiger partial charge in [0.05, 0.1) is 6.61 Å². The molecule has 20 heavy (non-hydrogen) atoms. The topological polar surface area (TPSA) is 75.6 Å². The SMILES string of the molecule is COCC(NC(=O)CCSc1ccc(Br)cc1)C(=O)O. The fourth-order valence-electron chi connectivity index (χ4n) is 1.40. The number of nitrogens with one attached hydrogen (secondary N) is 1. The number of hydrogen-bond donors (Lipinski definition) is 2. The van der Waals surface area contributed by atoms with Crippen LogP contribution in [0, 0.1) is 0 Å². The van der Waals surface area contributed by atoms with Crippen LogP contribution in [0.4, 0.5) is 0 Å². The van der Waals surface area contributed by atoms with Gasteiger partial charge in [0, 0.05) is 28.7 Å². The molecule has 0 aliphatic heterocycles. The van der Waals surface area contributed by atoms with Gasteiger partial charge < -0.3 is 15.2 Å². The Labute approximate surface area is 130 Å². The van der Waals surface area contributed by atoms with Crippen LogP contribution in [0.1, 0.15) is 6.42 Å². The molecule has 0 heterocycles. The molecule has 0 spiro atoms. The maximum atomic E-state index is 11.6. The summed E-state index contributed by atoms with van der Waals surface area (Å²) in [6.07, 6.45) is 0.258. The van der Waals surface area contributed by atoms with E-state index >= 15 is 0 Å². The molecule has 0 radical (unpaired) electrons. The van der Waals surface area contributed by atoms with E-state index in [9.17, 15) is 9.59 Å². The first kappa shape index (κ1) is 17.0. The standard InChI is InChI=1S/C13H16BrNO4S/c1-19-8-11(13(17)18)15-12(16)6-7-20-10-4-2-9(14)3-5-10/h2-5,11H,6-8H2,1H3,(H,15,16)(H,17,18). The highest BCUT2D eigenvalue weighted by molar-refractivity contribution is 9.10. The molecule has 1 rings (SSSR count). The Hall–Kier alpha value is -1.05. The van der Waals surface area contributed by atoms with Gasteiger partial charge in [0.25, 0.3) is 0 Å². The Morgan fingerprint density at radius 3 is 2.60 bits per heavy atom. The second kappa shape index (κ2) is 8.99. The number of rotatable bonds is 8. The van der Waals surface area contributed by atoms with Crippen molar-refractivity contribution in [2.24, 2.45) is 0 Å². The smallest absolute Gasteiger partial charge is 0.328 e. The number of amides is 1. The molecule has 2 N–H and O–H groups in total. The number of methoxy groups -OCH3 is 1. The fourth-order valence-corrected chi connectivity index (χ4v) is 2.52. The van der Waals surface area contributed by atoms with Crippen LogP contribution in [0.25, 0.3) is 0 Å². The monoisotopic (exact) mass is 361 g/mol. The molecule has 0 saturated heterocycles. The molecule has 1 amide bonds. The molecule has 1 aromatic rings.